The Hall–Kier alpha value is -1.04. The molecule has 21 heavy (non-hydrogen) atoms. The number of amides is 1. The van der Waals surface area contributed by atoms with Gasteiger partial charge in [0.2, 0.25) is 5.91 Å². The van der Waals surface area contributed by atoms with Gasteiger partial charge in [0.1, 0.15) is 5.82 Å². The van der Waals surface area contributed by atoms with E-state index in [9.17, 15) is 4.79 Å². The van der Waals surface area contributed by atoms with Gasteiger partial charge in [-0.2, -0.15) is 0 Å². The smallest absolute Gasteiger partial charge is 0.233 e. The third kappa shape index (κ3) is 3.78. The molecule has 0 aliphatic heterocycles. The van der Waals surface area contributed by atoms with Gasteiger partial charge >= 0.3 is 0 Å². The van der Waals surface area contributed by atoms with Crippen molar-refractivity contribution in [3.63, 3.8) is 0 Å². The Balaban J connectivity index is 1.92. The molecule has 0 bridgehead atoms. The van der Waals surface area contributed by atoms with Crippen molar-refractivity contribution in [2.24, 2.45) is 18.9 Å². The Bertz CT molecular complexity index is 502. The SMILES string of the molecule is Cc1nnc(S[C@@H](C)C(=O)N[C@@H]2CCC[C@H](C)[C@@H]2C)n1C. The van der Waals surface area contributed by atoms with Gasteiger partial charge in [-0.05, 0) is 32.1 Å². The quantitative estimate of drug-likeness (QED) is 0.868. The third-order valence-corrected chi connectivity index (χ3v) is 5.87. The number of hydrogen-bond donors (Lipinski definition) is 1. The highest BCUT2D eigenvalue weighted by molar-refractivity contribution is 8.00. The van der Waals surface area contributed by atoms with Crippen LogP contribution in [0.2, 0.25) is 0 Å². The Morgan fingerprint density at radius 1 is 1.38 bits per heavy atom. The molecule has 0 radical (unpaired) electrons. The van der Waals surface area contributed by atoms with Crippen LogP contribution in [0.4, 0.5) is 0 Å². The summed E-state index contributed by atoms with van der Waals surface area (Å²) in [5.74, 6) is 2.21. The molecule has 1 aromatic heterocycles. The Morgan fingerprint density at radius 3 is 2.71 bits per heavy atom. The highest BCUT2D eigenvalue weighted by atomic mass is 32.2. The zero-order valence-electron chi connectivity index (χ0n) is 13.6. The summed E-state index contributed by atoms with van der Waals surface area (Å²) in [7, 11) is 1.92. The van der Waals surface area contributed by atoms with Crippen LogP contribution < -0.4 is 5.32 Å². The van der Waals surface area contributed by atoms with E-state index in [0.29, 0.717) is 17.9 Å². The van der Waals surface area contributed by atoms with Gasteiger partial charge in [0, 0.05) is 13.1 Å². The van der Waals surface area contributed by atoms with Crippen molar-refractivity contribution < 1.29 is 4.79 Å². The largest absolute Gasteiger partial charge is 0.352 e. The maximum Gasteiger partial charge on any atom is 0.233 e. The molecule has 1 amide bonds. The summed E-state index contributed by atoms with van der Waals surface area (Å²) in [6.07, 6.45) is 3.58. The number of nitrogens with zero attached hydrogens (tertiary/aromatic N) is 3. The van der Waals surface area contributed by atoms with E-state index < -0.39 is 0 Å². The van der Waals surface area contributed by atoms with E-state index in [-0.39, 0.29) is 11.2 Å². The molecule has 1 aromatic rings. The van der Waals surface area contributed by atoms with Gasteiger partial charge in [-0.3, -0.25) is 4.79 Å². The average Bonchev–Trinajstić information content (AvgIpc) is 2.75. The molecule has 1 N–H and O–H groups in total. The van der Waals surface area contributed by atoms with E-state index in [1.165, 1.54) is 24.6 Å². The third-order valence-electron chi connectivity index (χ3n) is 4.74. The molecule has 1 heterocycles. The summed E-state index contributed by atoms with van der Waals surface area (Å²) in [6, 6.07) is 0.311. The van der Waals surface area contributed by atoms with Crippen molar-refractivity contribution in [3.05, 3.63) is 5.82 Å². The highest BCUT2D eigenvalue weighted by Gasteiger charge is 2.29. The van der Waals surface area contributed by atoms with E-state index in [1.54, 1.807) is 0 Å². The number of carbonyl (C=O) groups is 1. The fraction of sp³-hybridized carbons (Fsp3) is 0.800. The first kappa shape index (κ1) is 16.3. The zero-order chi connectivity index (χ0) is 15.6. The molecule has 118 valence electrons. The van der Waals surface area contributed by atoms with E-state index in [2.05, 4.69) is 29.4 Å². The fourth-order valence-corrected chi connectivity index (χ4v) is 3.66. The van der Waals surface area contributed by atoms with Crippen molar-refractivity contribution in [2.75, 3.05) is 0 Å². The summed E-state index contributed by atoms with van der Waals surface area (Å²) < 4.78 is 1.92. The number of rotatable bonds is 4. The highest BCUT2D eigenvalue weighted by Crippen LogP contribution is 2.30. The van der Waals surface area contributed by atoms with Gasteiger partial charge in [0.25, 0.3) is 0 Å². The lowest BCUT2D eigenvalue weighted by molar-refractivity contribution is -0.121. The van der Waals surface area contributed by atoms with Crippen LogP contribution in [0.5, 0.6) is 0 Å². The topological polar surface area (TPSA) is 59.8 Å². The lowest BCUT2D eigenvalue weighted by atomic mass is 9.78. The van der Waals surface area contributed by atoms with E-state index in [0.717, 1.165) is 17.4 Å². The lowest BCUT2D eigenvalue weighted by Crippen LogP contribution is -2.46. The van der Waals surface area contributed by atoms with Crippen LogP contribution in [0.3, 0.4) is 0 Å². The standard InChI is InChI=1S/C15H26N4OS/c1-9-7-6-8-13(10(9)2)16-14(20)11(3)21-15-18-17-12(4)19(15)5/h9-11,13H,6-8H2,1-5H3,(H,16,20)/t9-,10-,11-,13+/m0/s1. The molecule has 5 nitrogen and oxygen atoms in total. The number of aryl methyl sites for hydroxylation is 1. The Labute approximate surface area is 131 Å². The molecule has 0 saturated heterocycles. The lowest BCUT2D eigenvalue weighted by Gasteiger charge is -2.35. The number of aromatic nitrogens is 3. The fourth-order valence-electron chi connectivity index (χ4n) is 2.79. The van der Waals surface area contributed by atoms with Crippen LogP contribution >= 0.6 is 11.8 Å². The molecule has 0 unspecified atom stereocenters. The van der Waals surface area contributed by atoms with Gasteiger partial charge in [-0.1, -0.05) is 38.5 Å². The van der Waals surface area contributed by atoms with Crippen molar-refractivity contribution >= 4 is 17.7 Å². The number of nitrogens with one attached hydrogen (secondary N) is 1. The van der Waals surface area contributed by atoms with Crippen molar-refractivity contribution in [2.45, 2.75) is 63.4 Å². The van der Waals surface area contributed by atoms with E-state index >= 15 is 0 Å². The van der Waals surface area contributed by atoms with Crippen molar-refractivity contribution in [1.29, 1.82) is 0 Å². The first-order valence-corrected chi connectivity index (χ1v) is 8.61. The first-order valence-electron chi connectivity index (χ1n) is 7.73. The monoisotopic (exact) mass is 310 g/mol. The van der Waals surface area contributed by atoms with Crippen LogP contribution in [-0.4, -0.2) is 32.0 Å². The van der Waals surface area contributed by atoms with Gasteiger partial charge in [0.15, 0.2) is 5.16 Å². The molecule has 2 rings (SSSR count). The summed E-state index contributed by atoms with van der Waals surface area (Å²) >= 11 is 1.47. The molecule has 1 aliphatic carbocycles. The summed E-state index contributed by atoms with van der Waals surface area (Å²) in [5, 5.41) is 12.0. The summed E-state index contributed by atoms with van der Waals surface area (Å²) in [6.45, 7) is 8.37. The predicted octanol–water partition coefficient (Wildman–Crippen LogP) is 2.55. The van der Waals surface area contributed by atoms with Gasteiger partial charge in [-0.25, -0.2) is 0 Å². The maximum atomic E-state index is 12.4. The van der Waals surface area contributed by atoms with E-state index in [1.807, 2.05) is 25.5 Å². The van der Waals surface area contributed by atoms with Crippen molar-refractivity contribution in [3.8, 4) is 0 Å². The van der Waals surface area contributed by atoms with Crippen LogP contribution in [0.25, 0.3) is 0 Å². The number of thioether (sulfide) groups is 1. The van der Waals surface area contributed by atoms with Crippen LogP contribution in [-0.2, 0) is 11.8 Å². The molecule has 0 spiro atoms. The van der Waals surface area contributed by atoms with Crippen LogP contribution in [0.15, 0.2) is 5.16 Å². The Morgan fingerprint density at radius 2 is 2.10 bits per heavy atom. The first-order chi connectivity index (χ1) is 9.90. The number of hydrogen-bond acceptors (Lipinski definition) is 4. The van der Waals surface area contributed by atoms with Gasteiger partial charge in [-0.15, -0.1) is 10.2 Å². The molecule has 1 aliphatic rings. The minimum Gasteiger partial charge on any atom is -0.352 e. The molecule has 0 aromatic carbocycles. The predicted molar refractivity (Wildman–Crippen MR) is 85.2 cm³/mol. The second-order valence-electron chi connectivity index (χ2n) is 6.23. The number of carbonyl (C=O) groups excluding carboxylic acids is 1. The molecular formula is C15H26N4OS. The van der Waals surface area contributed by atoms with Crippen LogP contribution in [0.1, 0.15) is 45.9 Å². The zero-order valence-corrected chi connectivity index (χ0v) is 14.4. The Kier molecular flexibility index (Phi) is 5.30. The molecular weight excluding hydrogens is 284 g/mol. The second-order valence-corrected chi connectivity index (χ2v) is 7.54. The molecule has 4 atom stereocenters. The second kappa shape index (κ2) is 6.81. The van der Waals surface area contributed by atoms with Gasteiger partial charge < -0.3 is 9.88 Å². The minimum absolute atomic E-state index is 0.103. The van der Waals surface area contributed by atoms with Crippen LogP contribution in [0, 0.1) is 18.8 Å². The van der Waals surface area contributed by atoms with Gasteiger partial charge in [0.05, 0.1) is 5.25 Å². The average molecular weight is 310 g/mol. The normalized spacial score (nSPS) is 27.4. The molecule has 1 fully saturated rings. The molecule has 6 heteroatoms. The minimum atomic E-state index is -0.156. The molecule has 1 saturated carbocycles. The van der Waals surface area contributed by atoms with E-state index in [4.69, 9.17) is 0 Å². The maximum absolute atomic E-state index is 12.4. The summed E-state index contributed by atoms with van der Waals surface area (Å²) in [4.78, 5) is 12.4. The van der Waals surface area contributed by atoms with Crippen molar-refractivity contribution in [1.82, 2.24) is 20.1 Å². The summed E-state index contributed by atoms with van der Waals surface area (Å²) in [5.41, 5.74) is 0.